The Hall–Kier alpha value is -1.44. The molecule has 0 radical (unpaired) electrons. The van der Waals surface area contributed by atoms with Crippen molar-refractivity contribution in [2.75, 3.05) is 11.9 Å². The van der Waals surface area contributed by atoms with Gasteiger partial charge in [0.2, 0.25) is 5.91 Å². The molecule has 1 aromatic carbocycles. The zero-order valence-corrected chi connectivity index (χ0v) is 9.28. The van der Waals surface area contributed by atoms with Crippen LogP contribution in [0.1, 0.15) is 5.56 Å². The predicted molar refractivity (Wildman–Crippen MR) is 55.7 cm³/mol. The molecule has 0 saturated carbocycles. The summed E-state index contributed by atoms with van der Waals surface area (Å²) in [6.45, 7) is 0. The number of benzene rings is 1. The largest absolute Gasteiger partial charge is 0.315 e. The highest BCUT2D eigenvalue weighted by Gasteiger charge is 2.25. The fourth-order valence-corrected chi connectivity index (χ4v) is 2.32. The van der Waals surface area contributed by atoms with Gasteiger partial charge in [-0.3, -0.25) is 4.79 Å². The summed E-state index contributed by atoms with van der Waals surface area (Å²) in [5, 5.41) is 8.48. The van der Waals surface area contributed by atoms with Crippen LogP contribution in [0, 0.1) is 0 Å². The first-order chi connectivity index (χ1) is 7.45. The lowest BCUT2D eigenvalue weighted by Crippen LogP contribution is -2.20. The van der Waals surface area contributed by atoms with Crippen molar-refractivity contribution < 1.29 is 18.4 Å². The topological polar surface area (TPSA) is 86.7 Å². The van der Waals surface area contributed by atoms with Crippen LogP contribution in [-0.2, 0) is 21.2 Å². The summed E-state index contributed by atoms with van der Waals surface area (Å²) in [5.74, 6) is -0.0819. The van der Waals surface area contributed by atoms with Gasteiger partial charge in [0.05, 0.1) is 11.3 Å². The lowest BCUT2D eigenvalue weighted by atomic mass is 10.2. The van der Waals surface area contributed by atoms with Crippen LogP contribution in [0.5, 0.6) is 0 Å². The van der Waals surface area contributed by atoms with Crippen molar-refractivity contribution in [1.82, 2.24) is 4.89 Å². The summed E-state index contributed by atoms with van der Waals surface area (Å²) in [6.07, 6.45) is 0.181. The number of anilines is 1. The fraction of sp³-hybridized carbons (Fsp3) is 0.222. The summed E-state index contributed by atoms with van der Waals surface area (Å²) >= 11 is 0. The van der Waals surface area contributed by atoms with E-state index in [-0.39, 0.29) is 17.2 Å². The molecule has 0 aromatic heterocycles. The van der Waals surface area contributed by atoms with Crippen molar-refractivity contribution in [3.63, 3.8) is 0 Å². The highest BCUT2D eigenvalue weighted by atomic mass is 32.2. The van der Waals surface area contributed by atoms with Gasteiger partial charge in [0.1, 0.15) is 0 Å². The van der Waals surface area contributed by atoms with Gasteiger partial charge in [0.25, 0.3) is 10.0 Å². The molecule has 86 valence electrons. The number of hydrogen-bond acceptors (Lipinski definition) is 4. The standard InChI is InChI=1S/C9H10N2O4S/c1-11-8-3-2-7(16(14,15)10-13)4-6(8)5-9(11)12/h2-4,10,13H,5H2,1H3. The van der Waals surface area contributed by atoms with Gasteiger partial charge in [0, 0.05) is 12.7 Å². The molecule has 6 nitrogen and oxygen atoms in total. The Morgan fingerprint density at radius 3 is 2.75 bits per heavy atom. The van der Waals surface area contributed by atoms with E-state index < -0.39 is 10.0 Å². The molecule has 16 heavy (non-hydrogen) atoms. The van der Waals surface area contributed by atoms with E-state index in [1.165, 1.54) is 21.9 Å². The molecule has 0 bridgehead atoms. The second-order valence-corrected chi connectivity index (χ2v) is 5.18. The second-order valence-electron chi connectivity index (χ2n) is 3.51. The van der Waals surface area contributed by atoms with Gasteiger partial charge in [0.15, 0.2) is 0 Å². The molecule has 1 aliphatic rings. The number of hydrogen-bond donors (Lipinski definition) is 2. The minimum absolute atomic E-state index is 0.0585. The molecule has 1 aromatic rings. The van der Waals surface area contributed by atoms with Crippen molar-refractivity contribution in [2.24, 2.45) is 0 Å². The van der Waals surface area contributed by atoms with Crippen LogP contribution in [0.25, 0.3) is 0 Å². The number of nitrogens with one attached hydrogen (secondary N) is 1. The van der Waals surface area contributed by atoms with Crippen molar-refractivity contribution >= 4 is 21.6 Å². The van der Waals surface area contributed by atoms with Gasteiger partial charge in [-0.25, -0.2) is 8.42 Å². The van der Waals surface area contributed by atoms with Gasteiger partial charge in [-0.1, -0.05) is 4.89 Å². The number of sulfonamides is 1. The highest BCUT2D eigenvalue weighted by molar-refractivity contribution is 7.89. The van der Waals surface area contributed by atoms with Gasteiger partial charge in [-0.2, -0.15) is 0 Å². The summed E-state index contributed by atoms with van der Waals surface area (Å²) in [6, 6.07) is 4.27. The summed E-state index contributed by atoms with van der Waals surface area (Å²) in [4.78, 5) is 14.0. The molecule has 0 spiro atoms. The van der Waals surface area contributed by atoms with Crippen molar-refractivity contribution in [3.05, 3.63) is 23.8 Å². The van der Waals surface area contributed by atoms with Gasteiger partial charge in [-0.15, -0.1) is 0 Å². The number of carbonyl (C=O) groups excluding carboxylic acids is 1. The van der Waals surface area contributed by atoms with E-state index in [0.29, 0.717) is 11.3 Å². The molecule has 0 atom stereocenters. The number of nitrogens with zero attached hydrogens (tertiary/aromatic N) is 1. The number of fused-ring (bicyclic) bond motifs is 1. The molecule has 2 N–H and O–H groups in total. The van der Waals surface area contributed by atoms with Crippen LogP contribution >= 0.6 is 0 Å². The van der Waals surface area contributed by atoms with Gasteiger partial charge in [-0.05, 0) is 23.8 Å². The third kappa shape index (κ3) is 1.58. The highest BCUT2D eigenvalue weighted by Crippen LogP contribution is 2.29. The predicted octanol–water partition coefficient (Wildman–Crippen LogP) is -0.127. The first-order valence-electron chi connectivity index (χ1n) is 4.51. The van der Waals surface area contributed by atoms with Crippen molar-refractivity contribution in [1.29, 1.82) is 0 Å². The number of likely N-dealkylation sites (N-methyl/N-ethyl adjacent to an activating group) is 1. The summed E-state index contributed by atoms with van der Waals surface area (Å²) < 4.78 is 22.6. The van der Waals surface area contributed by atoms with Crippen LogP contribution in [0.2, 0.25) is 0 Å². The maximum Gasteiger partial charge on any atom is 0.262 e. The van der Waals surface area contributed by atoms with Crippen LogP contribution < -0.4 is 9.79 Å². The molecular weight excluding hydrogens is 232 g/mol. The number of carbonyl (C=O) groups is 1. The summed E-state index contributed by atoms with van der Waals surface area (Å²) in [7, 11) is -2.25. The van der Waals surface area contributed by atoms with E-state index in [0.717, 1.165) is 0 Å². The number of amides is 1. The zero-order chi connectivity index (χ0) is 11.9. The molecule has 0 aliphatic carbocycles. The Morgan fingerprint density at radius 2 is 2.12 bits per heavy atom. The lowest BCUT2D eigenvalue weighted by molar-refractivity contribution is -0.117. The quantitative estimate of drug-likeness (QED) is 0.707. The minimum atomic E-state index is -3.88. The maximum atomic E-state index is 11.4. The Morgan fingerprint density at radius 1 is 1.44 bits per heavy atom. The van der Waals surface area contributed by atoms with Crippen molar-refractivity contribution in [3.8, 4) is 0 Å². The Balaban J connectivity index is 2.52. The first-order valence-corrected chi connectivity index (χ1v) is 5.99. The first kappa shape index (κ1) is 11.1. The van der Waals surface area contributed by atoms with E-state index in [4.69, 9.17) is 5.21 Å². The average Bonchev–Trinajstić information content (AvgIpc) is 2.54. The maximum absolute atomic E-state index is 11.4. The fourth-order valence-electron chi connectivity index (χ4n) is 1.67. The SMILES string of the molecule is CN1C(=O)Cc2cc(S(=O)(=O)NO)ccc21. The third-order valence-electron chi connectivity index (χ3n) is 2.56. The Labute approximate surface area is 92.5 Å². The van der Waals surface area contributed by atoms with E-state index in [2.05, 4.69) is 0 Å². The van der Waals surface area contributed by atoms with E-state index in [9.17, 15) is 13.2 Å². The van der Waals surface area contributed by atoms with E-state index in [1.807, 2.05) is 0 Å². The molecule has 1 heterocycles. The molecule has 7 heteroatoms. The van der Waals surface area contributed by atoms with Crippen LogP contribution in [0.3, 0.4) is 0 Å². The minimum Gasteiger partial charge on any atom is -0.315 e. The normalized spacial score (nSPS) is 15.4. The smallest absolute Gasteiger partial charge is 0.262 e. The Bertz CT molecular complexity index is 553. The molecule has 1 aliphatic heterocycles. The zero-order valence-electron chi connectivity index (χ0n) is 8.47. The van der Waals surface area contributed by atoms with Crippen LogP contribution in [-0.4, -0.2) is 26.6 Å². The van der Waals surface area contributed by atoms with E-state index >= 15 is 0 Å². The molecule has 0 unspecified atom stereocenters. The number of rotatable bonds is 2. The average molecular weight is 242 g/mol. The summed E-state index contributed by atoms with van der Waals surface area (Å²) in [5.41, 5.74) is 1.34. The molecule has 2 rings (SSSR count). The van der Waals surface area contributed by atoms with Crippen LogP contribution in [0.4, 0.5) is 5.69 Å². The second kappa shape index (κ2) is 3.55. The molecule has 1 amide bonds. The molecule has 0 fully saturated rings. The van der Waals surface area contributed by atoms with E-state index in [1.54, 1.807) is 13.1 Å². The van der Waals surface area contributed by atoms with Crippen LogP contribution in [0.15, 0.2) is 23.1 Å². The van der Waals surface area contributed by atoms with Gasteiger partial charge < -0.3 is 10.1 Å². The third-order valence-corrected chi connectivity index (χ3v) is 3.67. The van der Waals surface area contributed by atoms with Crippen molar-refractivity contribution in [2.45, 2.75) is 11.3 Å². The monoisotopic (exact) mass is 242 g/mol. The lowest BCUT2D eigenvalue weighted by Gasteiger charge is -2.10. The Kier molecular flexibility index (Phi) is 2.45. The van der Waals surface area contributed by atoms with Gasteiger partial charge >= 0.3 is 0 Å². The molecule has 0 saturated heterocycles. The molecular formula is C9H10N2O4S.